The number of urea groups is 1. The van der Waals surface area contributed by atoms with Crippen LogP contribution in [-0.2, 0) is 4.84 Å². The number of nitrogens with zero attached hydrogens (tertiary/aromatic N) is 3. The van der Waals surface area contributed by atoms with E-state index in [1.807, 2.05) is 54.6 Å². The number of halogens is 1. The van der Waals surface area contributed by atoms with E-state index in [0.717, 1.165) is 22.6 Å². The lowest BCUT2D eigenvalue weighted by atomic mass is 10.0. The number of oxime groups is 1. The predicted molar refractivity (Wildman–Crippen MR) is 118 cm³/mol. The molecule has 2 heterocycles. The highest BCUT2D eigenvalue weighted by Gasteiger charge is 2.22. The first-order valence-electron chi connectivity index (χ1n) is 9.69. The third-order valence-corrected chi connectivity index (χ3v) is 4.69. The highest BCUT2D eigenvalue weighted by atomic mass is 35.5. The van der Waals surface area contributed by atoms with Crippen molar-refractivity contribution in [1.29, 1.82) is 0 Å². The number of anilines is 1. The van der Waals surface area contributed by atoms with Crippen LogP contribution >= 0.6 is 11.6 Å². The Kier molecular flexibility index (Phi) is 6.59. The number of hydrogen-bond acceptors (Lipinski definition) is 6. The van der Waals surface area contributed by atoms with E-state index in [2.05, 4.69) is 25.8 Å². The molecule has 0 saturated carbocycles. The van der Waals surface area contributed by atoms with E-state index in [1.165, 1.54) is 6.20 Å². The van der Waals surface area contributed by atoms with Gasteiger partial charge < -0.3 is 14.9 Å². The molecule has 3 aromatic rings. The summed E-state index contributed by atoms with van der Waals surface area (Å²) < 4.78 is 6.01. The quantitative estimate of drug-likeness (QED) is 0.541. The van der Waals surface area contributed by atoms with Crippen molar-refractivity contribution in [3.05, 3.63) is 72.1 Å². The molecule has 0 aliphatic carbocycles. The molecule has 1 atom stereocenters. The van der Waals surface area contributed by atoms with Gasteiger partial charge in [0.2, 0.25) is 5.28 Å². The van der Waals surface area contributed by atoms with Gasteiger partial charge in [-0.2, -0.15) is 0 Å². The van der Waals surface area contributed by atoms with E-state index < -0.39 is 6.03 Å². The second kappa shape index (κ2) is 9.90. The summed E-state index contributed by atoms with van der Waals surface area (Å²) in [6, 6.07) is 19.1. The van der Waals surface area contributed by atoms with Gasteiger partial charge in [0, 0.05) is 18.2 Å². The summed E-state index contributed by atoms with van der Waals surface area (Å²) >= 11 is 5.70. The minimum atomic E-state index is -0.422. The molecule has 2 aromatic carbocycles. The Morgan fingerprint density at radius 2 is 1.94 bits per heavy atom. The van der Waals surface area contributed by atoms with Crippen LogP contribution in [0.2, 0.25) is 5.28 Å². The van der Waals surface area contributed by atoms with Crippen LogP contribution in [0.3, 0.4) is 0 Å². The number of nitrogens with one attached hydrogen (secondary N) is 2. The number of amides is 2. The Bertz CT molecular complexity index is 1080. The number of benzene rings is 2. The fraction of sp³-hybridized carbons (Fsp3) is 0.182. The van der Waals surface area contributed by atoms with Gasteiger partial charge in [0.05, 0.1) is 12.3 Å². The fourth-order valence-corrected chi connectivity index (χ4v) is 3.21. The van der Waals surface area contributed by atoms with Crippen LogP contribution in [0.25, 0.3) is 11.1 Å². The molecular weight excluding hydrogens is 418 g/mol. The molecule has 9 heteroatoms. The molecule has 1 unspecified atom stereocenters. The molecule has 4 rings (SSSR count). The Hall–Kier alpha value is -3.65. The molecule has 0 bridgehead atoms. The van der Waals surface area contributed by atoms with Gasteiger partial charge in [0.15, 0.2) is 6.10 Å². The standard InChI is InChI=1S/C22H20ClN5O3/c23-21-24-11-10-20(26-21)27-22(29)25-13-16-12-17(31-28-16)14-30-19-9-5-4-8-18(19)15-6-2-1-3-7-15/h1-11,17H,12-14H2,(H2,24,25,26,27,29). The van der Waals surface area contributed by atoms with Gasteiger partial charge in [0.1, 0.15) is 18.2 Å². The van der Waals surface area contributed by atoms with Gasteiger partial charge >= 0.3 is 6.03 Å². The van der Waals surface area contributed by atoms with Crippen LogP contribution in [0, 0.1) is 0 Å². The molecule has 1 aromatic heterocycles. The van der Waals surface area contributed by atoms with Crippen molar-refractivity contribution in [2.45, 2.75) is 12.5 Å². The lowest BCUT2D eigenvalue weighted by molar-refractivity contribution is 0.0472. The SMILES string of the molecule is O=C(NCC1=NOC(COc2ccccc2-c2ccccc2)C1)Nc1ccnc(Cl)n1. The molecule has 0 radical (unpaired) electrons. The average molecular weight is 438 g/mol. The van der Waals surface area contributed by atoms with Crippen molar-refractivity contribution < 1.29 is 14.4 Å². The number of rotatable bonds is 7. The van der Waals surface area contributed by atoms with Crippen molar-refractivity contribution in [3.63, 3.8) is 0 Å². The Balaban J connectivity index is 1.24. The number of carbonyl (C=O) groups excluding carboxylic acids is 1. The highest BCUT2D eigenvalue weighted by molar-refractivity contribution is 6.28. The molecule has 8 nitrogen and oxygen atoms in total. The minimum absolute atomic E-state index is 0.0584. The molecule has 1 aliphatic rings. The number of hydrogen-bond donors (Lipinski definition) is 2. The molecule has 31 heavy (non-hydrogen) atoms. The second-order valence-corrected chi connectivity index (χ2v) is 7.12. The van der Waals surface area contributed by atoms with Gasteiger partial charge in [-0.1, -0.05) is 53.7 Å². The van der Waals surface area contributed by atoms with Crippen molar-refractivity contribution in [2.75, 3.05) is 18.5 Å². The van der Waals surface area contributed by atoms with E-state index in [1.54, 1.807) is 6.07 Å². The highest BCUT2D eigenvalue weighted by Crippen LogP contribution is 2.30. The number of para-hydroxylation sites is 1. The molecule has 2 N–H and O–H groups in total. The van der Waals surface area contributed by atoms with Crippen LogP contribution in [0.15, 0.2) is 72.0 Å². The van der Waals surface area contributed by atoms with Gasteiger partial charge in [-0.3, -0.25) is 5.32 Å². The lowest BCUT2D eigenvalue weighted by Crippen LogP contribution is -2.33. The molecule has 158 valence electrons. The smallest absolute Gasteiger partial charge is 0.320 e. The van der Waals surface area contributed by atoms with Gasteiger partial charge in [-0.25, -0.2) is 14.8 Å². The zero-order valence-electron chi connectivity index (χ0n) is 16.5. The predicted octanol–water partition coefficient (Wildman–Crippen LogP) is 4.14. The summed E-state index contributed by atoms with van der Waals surface area (Å²) in [7, 11) is 0. The van der Waals surface area contributed by atoms with E-state index in [-0.39, 0.29) is 17.9 Å². The molecule has 0 saturated heterocycles. The first-order chi connectivity index (χ1) is 15.2. The van der Waals surface area contributed by atoms with Crippen LogP contribution in [0.1, 0.15) is 6.42 Å². The first-order valence-corrected chi connectivity index (χ1v) is 10.1. The maximum absolute atomic E-state index is 12.0. The van der Waals surface area contributed by atoms with E-state index in [9.17, 15) is 4.79 Å². The van der Waals surface area contributed by atoms with Crippen LogP contribution in [0.4, 0.5) is 10.6 Å². The number of aromatic nitrogens is 2. The summed E-state index contributed by atoms with van der Waals surface area (Å²) in [6.45, 7) is 0.601. The van der Waals surface area contributed by atoms with Gasteiger partial charge in [0.25, 0.3) is 0 Å². The second-order valence-electron chi connectivity index (χ2n) is 6.78. The maximum Gasteiger partial charge on any atom is 0.320 e. The third kappa shape index (κ3) is 5.70. The zero-order valence-corrected chi connectivity index (χ0v) is 17.2. The summed E-state index contributed by atoms with van der Waals surface area (Å²) in [4.78, 5) is 25.1. The van der Waals surface area contributed by atoms with Gasteiger partial charge in [-0.15, -0.1) is 0 Å². The van der Waals surface area contributed by atoms with E-state index >= 15 is 0 Å². The van der Waals surface area contributed by atoms with E-state index in [0.29, 0.717) is 18.8 Å². The van der Waals surface area contributed by atoms with Crippen molar-refractivity contribution in [1.82, 2.24) is 15.3 Å². The summed E-state index contributed by atoms with van der Waals surface area (Å²) in [5, 5.41) is 9.40. The zero-order chi connectivity index (χ0) is 21.5. The summed E-state index contributed by atoms with van der Waals surface area (Å²) in [5.41, 5.74) is 2.83. The largest absolute Gasteiger partial charge is 0.489 e. The van der Waals surface area contributed by atoms with Crippen molar-refractivity contribution >= 4 is 29.2 Å². The normalized spacial score (nSPS) is 15.0. The minimum Gasteiger partial charge on any atom is -0.489 e. The Labute approximate surface area is 184 Å². The Morgan fingerprint density at radius 1 is 1.13 bits per heavy atom. The average Bonchev–Trinajstić information content (AvgIpc) is 3.25. The fourth-order valence-electron chi connectivity index (χ4n) is 3.06. The van der Waals surface area contributed by atoms with Gasteiger partial charge in [-0.05, 0) is 29.3 Å². The molecule has 2 amide bonds. The van der Waals surface area contributed by atoms with Crippen LogP contribution < -0.4 is 15.4 Å². The van der Waals surface area contributed by atoms with E-state index in [4.69, 9.17) is 21.2 Å². The molecule has 0 spiro atoms. The number of carbonyl (C=O) groups is 1. The topological polar surface area (TPSA) is 97.7 Å². The van der Waals surface area contributed by atoms with Crippen molar-refractivity contribution in [2.24, 2.45) is 5.16 Å². The summed E-state index contributed by atoms with van der Waals surface area (Å²) in [5.74, 6) is 1.09. The molecule has 1 aliphatic heterocycles. The lowest BCUT2D eigenvalue weighted by Gasteiger charge is -2.14. The van der Waals surface area contributed by atoms with Crippen LogP contribution in [0.5, 0.6) is 5.75 Å². The summed E-state index contributed by atoms with van der Waals surface area (Å²) in [6.07, 6.45) is 1.80. The third-order valence-electron chi connectivity index (χ3n) is 4.51. The molecule has 0 fully saturated rings. The van der Waals surface area contributed by atoms with Crippen LogP contribution in [-0.4, -0.2) is 41.0 Å². The molecular formula is C22H20ClN5O3. The monoisotopic (exact) mass is 437 g/mol. The van der Waals surface area contributed by atoms with Crippen molar-refractivity contribution in [3.8, 4) is 16.9 Å². The Morgan fingerprint density at radius 3 is 2.77 bits per heavy atom. The maximum atomic E-state index is 12.0. The number of ether oxygens (including phenoxy) is 1. The first kappa shape index (κ1) is 20.6.